The first-order chi connectivity index (χ1) is 12.7. The average molecular weight is 353 g/mol. The summed E-state index contributed by atoms with van der Waals surface area (Å²) in [7, 11) is 1.68. The molecule has 0 amide bonds. The Bertz CT molecular complexity index is 723. The van der Waals surface area contributed by atoms with Crippen molar-refractivity contribution in [3.8, 4) is 11.5 Å². The molecule has 0 aliphatic carbocycles. The van der Waals surface area contributed by atoms with Crippen molar-refractivity contribution >= 4 is 0 Å². The van der Waals surface area contributed by atoms with Gasteiger partial charge in [0.1, 0.15) is 6.61 Å². The molecule has 4 nitrogen and oxygen atoms in total. The van der Waals surface area contributed by atoms with Gasteiger partial charge in [0.2, 0.25) is 0 Å². The molecule has 4 heteroatoms. The van der Waals surface area contributed by atoms with E-state index >= 15 is 0 Å². The van der Waals surface area contributed by atoms with Crippen molar-refractivity contribution in [2.24, 2.45) is 5.92 Å². The second kappa shape index (κ2) is 7.68. The minimum atomic E-state index is -0.211. The monoisotopic (exact) mass is 353 g/mol. The second-order valence-electron chi connectivity index (χ2n) is 7.39. The summed E-state index contributed by atoms with van der Waals surface area (Å²) in [5.74, 6) is 1.98. The van der Waals surface area contributed by atoms with Crippen LogP contribution in [0.1, 0.15) is 24.0 Å². The maximum Gasteiger partial charge on any atom is 0.161 e. The van der Waals surface area contributed by atoms with Crippen molar-refractivity contribution in [1.82, 2.24) is 4.90 Å². The zero-order valence-corrected chi connectivity index (χ0v) is 15.3. The third-order valence-electron chi connectivity index (χ3n) is 5.83. The lowest BCUT2D eigenvalue weighted by molar-refractivity contribution is -0.0715. The largest absolute Gasteiger partial charge is 0.493 e. The van der Waals surface area contributed by atoms with Crippen LogP contribution in [-0.2, 0) is 13.0 Å². The highest BCUT2D eigenvalue weighted by Crippen LogP contribution is 2.35. The lowest BCUT2D eigenvalue weighted by Gasteiger charge is -2.49. The van der Waals surface area contributed by atoms with Gasteiger partial charge in [-0.25, -0.2) is 0 Å². The third-order valence-corrected chi connectivity index (χ3v) is 5.83. The van der Waals surface area contributed by atoms with E-state index in [1.54, 1.807) is 7.11 Å². The number of methoxy groups -OCH3 is 1. The standard InChI is InChI=1S/C22H27NO3/c1-25-21-14-17(13-19-22(24)18-9-11-23(19)12-10-18)7-8-20(21)26-15-16-5-3-2-4-6-16/h2-8,14,18-19,22,24H,9-13,15H2,1H3. The van der Waals surface area contributed by atoms with Gasteiger partial charge in [-0.05, 0) is 61.5 Å². The Morgan fingerprint density at radius 3 is 2.46 bits per heavy atom. The minimum absolute atomic E-state index is 0.211. The van der Waals surface area contributed by atoms with E-state index in [1.807, 2.05) is 24.3 Å². The molecule has 2 bridgehead atoms. The Kier molecular flexibility index (Phi) is 5.14. The molecule has 2 aromatic carbocycles. The molecule has 1 N–H and O–H groups in total. The smallest absolute Gasteiger partial charge is 0.161 e. The number of piperidine rings is 3. The molecule has 2 unspecified atom stereocenters. The number of hydrogen-bond donors (Lipinski definition) is 1. The summed E-state index contributed by atoms with van der Waals surface area (Å²) < 4.78 is 11.5. The third kappa shape index (κ3) is 3.57. The number of benzene rings is 2. The zero-order chi connectivity index (χ0) is 17.9. The molecule has 2 aromatic rings. The highest BCUT2D eigenvalue weighted by molar-refractivity contribution is 5.43. The van der Waals surface area contributed by atoms with Crippen molar-refractivity contribution in [3.63, 3.8) is 0 Å². The van der Waals surface area contributed by atoms with Crippen LogP contribution < -0.4 is 9.47 Å². The van der Waals surface area contributed by atoms with E-state index in [-0.39, 0.29) is 12.1 Å². The van der Waals surface area contributed by atoms with Gasteiger partial charge in [-0.2, -0.15) is 0 Å². The van der Waals surface area contributed by atoms with Gasteiger partial charge in [-0.15, -0.1) is 0 Å². The Morgan fingerprint density at radius 1 is 1.00 bits per heavy atom. The molecule has 3 aliphatic rings. The molecule has 5 rings (SSSR count). The zero-order valence-electron chi connectivity index (χ0n) is 15.3. The molecule has 26 heavy (non-hydrogen) atoms. The van der Waals surface area contributed by atoms with Crippen molar-refractivity contribution in [2.45, 2.75) is 38.0 Å². The Morgan fingerprint density at radius 2 is 1.77 bits per heavy atom. The van der Waals surface area contributed by atoms with Gasteiger partial charge in [-0.3, -0.25) is 4.90 Å². The maximum atomic E-state index is 10.6. The number of hydrogen-bond acceptors (Lipinski definition) is 4. The van der Waals surface area contributed by atoms with Gasteiger partial charge in [0.25, 0.3) is 0 Å². The van der Waals surface area contributed by atoms with E-state index in [2.05, 4.69) is 29.2 Å². The van der Waals surface area contributed by atoms with Crippen LogP contribution in [-0.4, -0.2) is 42.4 Å². The number of ether oxygens (including phenoxy) is 2. The van der Waals surface area contributed by atoms with Crippen LogP contribution in [0.25, 0.3) is 0 Å². The summed E-state index contributed by atoms with van der Waals surface area (Å²) in [4.78, 5) is 2.44. The van der Waals surface area contributed by atoms with E-state index in [0.717, 1.165) is 49.4 Å². The van der Waals surface area contributed by atoms with E-state index in [9.17, 15) is 5.11 Å². The first-order valence-corrected chi connectivity index (χ1v) is 9.50. The van der Waals surface area contributed by atoms with Gasteiger partial charge in [0, 0.05) is 6.04 Å². The van der Waals surface area contributed by atoms with Gasteiger partial charge >= 0.3 is 0 Å². The van der Waals surface area contributed by atoms with Crippen LogP contribution in [0.15, 0.2) is 48.5 Å². The van der Waals surface area contributed by atoms with E-state index in [1.165, 1.54) is 5.56 Å². The molecule has 0 radical (unpaired) electrons. The molecule has 3 fully saturated rings. The van der Waals surface area contributed by atoms with E-state index in [0.29, 0.717) is 12.5 Å². The molecule has 2 atom stereocenters. The number of aliphatic hydroxyl groups is 1. The summed E-state index contributed by atoms with van der Waals surface area (Å²) in [6.07, 6.45) is 2.91. The predicted molar refractivity (Wildman–Crippen MR) is 102 cm³/mol. The van der Waals surface area contributed by atoms with Crippen LogP contribution in [0, 0.1) is 5.92 Å². The minimum Gasteiger partial charge on any atom is -0.493 e. The van der Waals surface area contributed by atoms with Crippen LogP contribution in [0.4, 0.5) is 0 Å². The first kappa shape index (κ1) is 17.4. The predicted octanol–water partition coefficient (Wildman–Crippen LogP) is 3.27. The highest BCUT2D eigenvalue weighted by atomic mass is 16.5. The van der Waals surface area contributed by atoms with Gasteiger partial charge in [-0.1, -0.05) is 36.4 Å². The van der Waals surface area contributed by atoms with Crippen LogP contribution >= 0.6 is 0 Å². The maximum absolute atomic E-state index is 10.6. The van der Waals surface area contributed by atoms with Crippen LogP contribution in [0.2, 0.25) is 0 Å². The fraction of sp³-hybridized carbons (Fsp3) is 0.455. The van der Waals surface area contributed by atoms with E-state index < -0.39 is 0 Å². The van der Waals surface area contributed by atoms with E-state index in [4.69, 9.17) is 9.47 Å². The van der Waals surface area contributed by atoms with Crippen LogP contribution in [0.5, 0.6) is 11.5 Å². The molecule has 0 aromatic heterocycles. The summed E-state index contributed by atoms with van der Waals surface area (Å²) in [6.45, 7) is 2.75. The summed E-state index contributed by atoms with van der Waals surface area (Å²) in [6, 6.07) is 16.5. The normalized spacial score (nSPS) is 27.3. The lowest BCUT2D eigenvalue weighted by Crippen LogP contribution is -2.58. The molecule has 138 valence electrons. The quantitative estimate of drug-likeness (QED) is 0.865. The van der Waals surface area contributed by atoms with Gasteiger partial charge in [0.15, 0.2) is 11.5 Å². The Labute approximate surface area is 155 Å². The summed E-state index contributed by atoms with van der Waals surface area (Å²) in [5.41, 5.74) is 2.32. The number of aliphatic hydroxyl groups excluding tert-OH is 1. The van der Waals surface area contributed by atoms with Crippen molar-refractivity contribution < 1.29 is 14.6 Å². The molecule has 0 spiro atoms. The number of fused-ring (bicyclic) bond motifs is 3. The number of rotatable bonds is 6. The Hall–Kier alpha value is -2.04. The van der Waals surface area contributed by atoms with Crippen molar-refractivity contribution in [3.05, 3.63) is 59.7 Å². The van der Waals surface area contributed by atoms with Crippen molar-refractivity contribution in [2.75, 3.05) is 20.2 Å². The molecule has 3 heterocycles. The van der Waals surface area contributed by atoms with Gasteiger partial charge in [0.05, 0.1) is 13.2 Å². The first-order valence-electron chi connectivity index (χ1n) is 9.50. The van der Waals surface area contributed by atoms with Gasteiger partial charge < -0.3 is 14.6 Å². The fourth-order valence-corrected chi connectivity index (χ4v) is 4.31. The number of nitrogens with zero attached hydrogens (tertiary/aromatic N) is 1. The summed E-state index contributed by atoms with van der Waals surface area (Å²) >= 11 is 0. The Balaban J connectivity index is 1.45. The second-order valence-corrected chi connectivity index (χ2v) is 7.39. The molecular formula is C22H27NO3. The summed E-state index contributed by atoms with van der Waals surface area (Å²) in [5, 5.41) is 10.6. The SMILES string of the molecule is COc1cc(CC2C(O)C3CCN2CC3)ccc1OCc1ccccc1. The average Bonchev–Trinajstić information content (AvgIpc) is 2.70. The van der Waals surface area contributed by atoms with Crippen LogP contribution in [0.3, 0.4) is 0 Å². The molecule has 3 saturated heterocycles. The van der Waals surface area contributed by atoms with Crippen molar-refractivity contribution in [1.29, 1.82) is 0 Å². The topological polar surface area (TPSA) is 41.9 Å². The highest BCUT2D eigenvalue weighted by Gasteiger charge is 2.40. The molecule has 0 saturated carbocycles. The fourth-order valence-electron chi connectivity index (χ4n) is 4.31. The molecule has 3 aliphatic heterocycles. The lowest BCUT2D eigenvalue weighted by atomic mass is 9.78. The molecular weight excluding hydrogens is 326 g/mol.